The predicted octanol–water partition coefficient (Wildman–Crippen LogP) is 3.18. The van der Waals surface area contributed by atoms with E-state index in [0.29, 0.717) is 21.8 Å². The quantitative estimate of drug-likeness (QED) is 0.833. The summed E-state index contributed by atoms with van der Waals surface area (Å²) in [4.78, 5) is 19.6. The number of hydrogen-bond acceptors (Lipinski definition) is 4. The fourth-order valence-electron chi connectivity index (χ4n) is 2.88. The van der Waals surface area contributed by atoms with Gasteiger partial charge < -0.3 is 10.7 Å². The van der Waals surface area contributed by atoms with Crippen molar-refractivity contribution in [2.24, 2.45) is 5.92 Å². The molecule has 106 valence electrons. The first kappa shape index (κ1) is 13.5. The van der Waals surface area contributed by atoms with Gasteiger partial charge in [-0.3, -0.25) is 4.79 Å². The van der Waals surface area contributed by atoms with Gasteiger partial charge in [-0.05, 0) is 30.9 Å². The molecule has 0 radical (unpaired) electrons. The molecule has 20 heavy (non-hydrogen) atoms. The van der Waals surface area contributed by atoms with Gasteiger partial charge in [-0.25, -0.2) is 4.98 Å². The zero-order valence-corrected chi connectivity index (χ0v) is 12.4. The Morgan fingerprint density at radius 1 is 1.40 bits per heavy atom. The third-order valence-corrected chi connectivity index (χ3v) is 5.32. The lowest BCUT2D eigenvalue weighted by molar-refractivity contribution is 0.394. The van der Waals surface area contributed by atoms with Gasteiger partial charge in [-0.1, -0.05) is 19.8 Å². The van der Waals surface area contributed by atoms with Crippen molar-refractivity contribution in [2.45, 2.75) is 42.8 Å². The molecule has 0 bridgehead atoms. The number of nitrogens with one attached hydrogen (secondary N) is 1. The van der Waals surface area contributed by atoms with Crippen LogP contribution in [0.15, 0.2) is 28.2 Å². The van der Waals surface area contributed by atoms with Crippen LogP contribution in [-0.2, 0) is 0 Å². The molecule has 2 unspecified atom stereocenters. The summed E-state index contributed by atoms with van der Waals surface area (Å²) in [5.74, 6) is 0.795. The topological polar surface area (TPSA) is 71.8 Å². The average Bonchev–Trinajstić information content (AvgIpc) is 2.41. The summed E-state index contributed by atoms with van der Waals surface area (Å²) in [6.45, 7) is 2.32. The van der Waals surface area contributed by atoms with E-state index in [1.807, 2.05) is 17.8 Å². The summed E-state index contributed by atoms with van der Waals surface area (Å²) in [5, 5.41) is 1.19. The Bertz CT molecular complexity index is 682. The molecule has 3 rings (SSSR count). The fraction of sp³-hybridized carbons (Fsp3) is 0.467. The maximum Gasteiger partial charge on any atom is 0.258 e. The first-order valence-corrected chi connectivity index (χ1v) is 7.95. The molecule has 1 heterocycles. The molecule has 0 spiro atoms. The van der Waals surface area contributed by atoms with Gasteiger partial charge in [0.25, 0.3) is 5.56 Å². The van der Waals surface area contributed by atoms with E-state index in [2.05, 4.69) is 16.9 Å². The molecule has 1 saturated carbocycles. The third kappa shape index (κ3) is 2.68. The summed E-state index contributed by atoms with van der Waals surface area (Å²) >= 11 is 1.84. The molecule has 2 atom stereocenters. The highest BCUT2D eigenvalue weighted by Gasteiger charge is 2.20. The van der Waals surface area contributed by atoms with Gasteiger partial charge in [-0.2, -0.15) is 0 Å². The second-order valence-electron chi connectivity index (χ2n) is 5.65. The van der Waals surface area contributed by atoms with E-state index in [0.717, 1.165) is 10.8 Å². The third-order valence-electron chi connectivity index (χ3n) is 3.95. The van der Waals surface area contributed by atoms with Gasteiger partial charge in [0, 0.05) is 15.8 Å². The summed E-state index contributed by atoms with van der Waals surface area (Å²) in [6.07, 6.45) is 6.56. The highest BCUT2D eigenvalue weighted by molar-refractivity contribution is 8.00. The van der Waals surface area contributed by atoms with Crippen molar-refractivity contribution in [3.05, 3.63) is 28.8 Å². The summed E-state index contributed by atoms with van der Waals surface area (Å²) in [5.41, 5.74) is 7.37. The van der Waals surface area contributed by atoms with Crippen LogP contribution >= 0.6 is 11.8 Å². The predicted molar refractivity (Wildman–Crippen MR) is 84.1 cm³/mol. The van der Waals surface area contributed by atoms with E-state index in [9.17, 15) is 4.79 Å². The fourth-order valence-corrected chi connectivity index (χ4v) is 4.32. The van der Waals surface area contributed by atoms with Crippen molar-refractivity contribution >= 4 is 28.4 Å². The van der Waals surface area contributed by atoms with Gasteiger partial charge in [0.05, 0.1) is 17.2 Å². The summed E-state index contributed by atoms with van der Waals surface area (Å²) in [7, 11) is 0. The maximum absolute atomic E-state index is 11.7. The number of H-pyrrole nitrogens is 1. The minimum atomic E-state index is -0.135. The summed E-state index contributed by atoms with van der Waals surface area (Å²) < 4.78 is 0. The van der Waals surface area contributed by atoms with Crippen molar-refractivity contribution in [2.75, 3.05) is 5.73 Å². The molecule has 0 aliphatic heterocycles. The number of benzene rings is 1. The van der Waals surface area contributed by atoms with E-state index in [4.69, 9.17) is 5.73 Å². The molecule has 0 amide bonds. The van der Waals surface area contributed by atoms with Gasteiger partial charge >= 0.3 is 0 Å². The second-order valence-corrected chi connectivity index (χ2v) is 6.99. The molecule has 1 aromatic carbocycles. The maximum atomic E-state index is 11.7. The summed E-state index contributed by atoms with van der Waals surface area (Å²) in [6, 6.07) is 3.69. The van der Waals surface area contributed by atoms with Crippen molar-refractivity contribution in [1.29, 1.82) is 0 Å². The van der Waals surface area contributed by atoms with Crippen molar-refractivity contribution in [1.82, 2.24) is 9.97 Å². The number of nitrogen functional groups attached to an aromatic ring is 1. The Morgan fingerprint density at radius 3 is 3.05 bits per heavy atom. The van der Waals surface area contributed by atoms with Gasteiger partial charge in [0.2, 0.25) is 0 Å². The van der Waals surface area contributed by atoms with Gasteiger partial charge in [-0.15, -0.1) is 11.8 Å². The molecule has 1 aliphatic rings. The van der Waals surface area contributed by atoms with Crippen LogP contribution in [0.4, 0.5) is 5.69 Å². The number of hydrogen-bond donors (Lipinski definition) is 2. The molecule has 4 nitrogen and oxygen atoms in total. The standard InChI is InChI=1S/C15H19N3OS/c1-9-3-2-4-10(5-9)20-14-7-13-11(6-12(14)16)15(19)18-8-17-13/h6-10H,2-5,16H2,1H3,(H,17,18,19). The molecule has 0 saturated heterocycles. The Kier molecular flexibility index (Phi) is 3.70. The molecule has 1 aromatic heterocycles. The van der Waals surface area contributed by atoms with Gasteiger partial charge in [0.15, 0.2) is 0 Å². The van der Waals surface area contributed by atoms with Crippen molar-refractivity contribution < 1.29 is 0 Å². The molecule has 1 aliphatic carbocycles. The highest BCUT2D eigenvalue weighted by atomic mass is 32.2. The Morgan fingerprint density at radius 2 is 2.25 bits per heavy atom. The molecule has 5 heteroatoms. The van der Waals surface area contributed by atoms with Crippen LogP contribution in [0.1, 0.15) is 32.6 Å². The smallest absolute Gasteiger partial charge is 0.258 e. The lowest BCUT2D eigenvalue weighted by Gasteiger charge is -2.26. The Labute approximate surface area is 122 Å². The highest BCUT2D eigenvalue weighted by Crippen LogP contribution is 2.39. The number of rotatable bonds is 2. The second kappa shape index (κ2) is 5.48. The zero-order chi connectivity index (χ0) is 14.1. The van der Waals surface area contributed by atoms with Crippen molar-refractivity contribution in [3.63, 3.8) is 0 Å². The largest absolute Gasteiger partial charge is 0.398 e. The lowest BCUT2D eigenvalue weighted by atomic mass is 9.91. The van der Waals surface area contributed by atoms with E-state index in [1.54, 1.807) is 6.07 Å². The van der Waals surface area contributed by atoms with Crippen molar-refractivity contribution in [3.8, 4) is 0 Å². The van der Waals surface area contributed by atoms with Crippen LogP contribution in [0.25, 0.3) is 10.9 Å². The van der Waals surface area contributed by atoms with Crippen LogP contribution in [0.5, 0.6) is 0 Å². The van der Waals surface area contributed by atoms with E-state index >= 15 is 0 Å². The van der Waals surface area contributed by atoms with Crippen LogP contribution in [0.3, 0.4) is 0 Å². The minimum absolute atomic E-state index is 0.135. The minimum Gasteiger partial charge on any atom is -0.398 e. The monoisotopic (exact) mass is 289 g/mol. The first-order chi connectivity index (χ1) is 9.63. The van der Waals surface area contributed by atoms with E-state index in [-0.39, 0.29) is 5.56 Å². The van der Waals surface area contributed by atoms with Crippen LogP contribution < -0.4 is 11.3 Å². The number of aromatic amines is 1. The molecule has 3 N–H and O–H groups in total. The number of aromatic nitrogens is 2. The first-order valence-electron chi connectivity index (χ1n) is 7.07. The Balaban J connectivity index is 1.91. The molecule has 1 fully saturated rings. The van der Waals surface area contributed by atoms with Crippen LogP contribution in [0.2, 0.25) is 0 Å². The van der Waals surface area contributed by atoms with Crippen LogP contribution in [-0.4, -0.2) is 15.2 Å². The number of nitrogens with zero attached hydrogens (tertiary/aromatic N) is 1. The van der Waals surface area contributed by atoms with E-state index in [1.165, 1.54) is 32.0 Å². The average molecular weight is 289 g/mol. The molecular formula is C15H19N3OS. The number of nitrogens with two attached hydrogens (primary N) is 1. The number of anilines is 1. The molecule has 2 aromatic rings. The van der Waals surface area contributed by atoms with Gasteiger partial charge in [0.1, 0.15) is 0 Å². The molecular weight excluding hydrogens is 270 g/mol. The lowest BCUT2D eigenvalue weighted by Crippen LogP contribution is -2.15. The van der Waals surface area contributed by atoms with E-state index < -0.39 is 0 Å². The zero-order valence-electron chi connectivity index (χ0n) is 11.6. The van der Waals surface area contributed by atoms with Crippen LogP contribution in [0, 0.1) is 5.92 Å². The SMILES string of the molecule is CC1CCCC(Sc2cc3nc[nH]c(=O)c3cc2N)C1. The Hall–Kier alpha value is -1.49. The number of fused-ring (bicyclic) bond motifs is 1. The normalized spacial score (nSPS) is 23.1. The number of thioether (sulfide) groups is 1.